The molecule has 3 N–H and O–H groups in total. The normalized spacial score (nSPS) is 10.3. The first kappa shape index (κ1) is 10.0. The fourth-order valence-corrected chi connectivity index (χ4v) is 1.08. The summed E-state index contributed by atoms with van der Waals surface area (Å²) in [5.41, 5.74) is 5.10. The fraction of sp³-hybridized carbons (Fsp3) is 0. The maximum absolute atomic E-state index is 12.5. The number of nitrogens with zero attached hydrogens (tertiary/aromatic N) is 4. The van der Waals surface area contributed by atoms with Crippen LogP contribution in [-0.2, 0) is 0 Å². The van der Waals surface area contributed by atoms with Crippen molar-refractivity contribution in [3.63, 3.8) is 0 Å². The number of hydrogen-bond donors (Lipinski definition) is 2. The molecule has 0 aliphatic heterocycles. The maximum atomic E-state index is 12.5. The van der Waals surface area contributed by atoms with Crippen molar-refractivity contribution in [2.24, 2.45) is 0 Å². The molecule has 2 rings (SSSR count). The third kappa shape index (κ3) is 1.67. The lowest BCUT2D eigenvalue weighted by Crippen LogP contribution is -2.05. The third-order valence-electron chi connectivity index (χ3n) is 1.76. The Bertz CT molecular complexity index is 536. The summed E-state index contributed by atoms with van der Waals surface area (Å²) < 4.78 is 13.6. The third-order valence-corrected chi connectivity index (χ3v) is 1.76. The van der Waals surface area contributed by atoms with Crippen LogP contribution in [0.3, 0.4) is 0 Å². The number of rotatable bonds is 2. The molecule has 2 aromatic rings. The van der Waals surface area contributed by atoms with E-state index in [0.717, 1.165) is 17.1 Å². The standard InChI is InChI=1S/C8H6FN5O2/c9-4-1-11-8(12-2-4)14-3-5(10)6(13-14)7(15)16/h1-3H,10H2,(H,15,16). The van der Waals surface area contributed by atoms with Gasteiger partial charge in [0, 0.05) is 0 Å². The van der Waals surface area contributed by atoms with Crippen LogP contribution in [0.5, 0.6) is 0 Å². The van der Waals surface area contributed by atoms with Gasteiger partial charge in [-0.15, -0.1) is 0 Å². The predicted molar refractivity (Wildman–Crippen MR) is 50.5 cm³/mol. The van der Waals surface area contributed by atoms with Gasteiger partial charge in [-0.25, -0.2) is 23.8 Å². The molecule has 0 radical (unpaired) electrons. The van der Waals surface area contributed by atoms with Crippen molar-refractivity contribution in [2.75, 3.05) is 5.73 Å². The topological polar surface area (TPSA) is 107 Å². The van der Waals surface area contributed by atoms with E-state index in [2.05, 4.69) is 15.1 Å². The van der Waals surface area contributed by atoms with Gasteiger partial charge >= 0.3 is 5.97 Å². The minimum atomic E-state index is -1.25. The Labute approximate surface area is 88.4 Å². The van der Waals surface area contributed by atoms with Crippen molar-refractivity contribution >= 4 is 11.7 Å². The van der Waals surface area contributed by atoms with Gasteiger partial charge in [-0.2, -0.15) is 5.10 Å². The van der Waals surface area contributed by atoms with Crippen molar-refractivity contribution in [2.45, 2.75) is 0 Å². The first-order valence-electron chi connectivity index (χ1n) is 4.14. The van der Waals surface area contributed by atoms with Crippen LogP contribution in [0.25, 0.3) is 5.95 Å². The zero-order valence-corrected chi connectivity index (χ0v) is 7.83. The second kappa shape index (κ2) is 3.57. The molecule has 0 aliphatic carbocycles. The van der Waals surface area contributed by atoms with Gasteiger partial charge in [0.1, 0.15) is 0 Å². The smallest absolute Gasteiger partial charge is 0.358 e. The maximum Gasteiger partial charge on any atom is 0.358 e. The van der Waals surface area contributed by atoms with E-state index in [1.54, 1.807) is 0 Å². The fourth-order valence-electron chi connectivity index (χ4n) is 1.08. The van der Waals surface area contributed by atoms with Crippen LogP contribution in [0, 0.1) is 5.82 Å². The summed E-state index contributed by atoms with van der Waals surface area (Å²) in [6.07, 6.45) is 3.14. The summed E-state index contributed by atoms with van der Waals surface area (Å²) in [5, 5.41) is 12.4. The number of anilines is 1. The van der Waals surface area contributed by atoms with Gasteiger partial charge in [-0.3, -0.25) is 0 Å². The molecule has 0 aromatic carbocycles. The Morgan fingerprint density at radius 3 is 2.56 bits per heavy atom. The highest BCUT2D eigenvalue weighted by atomic mass is 19.1. The zero-order chi connectivity index (χ0) is 11.7. The molecule has 8 heteroatoms. The summed E-state index contributed by atoms with van der Waals surface area (Å²) >= 11 is 0. The molecule has 2 heterocycles. The molecule has 0 saturated carbocycles. The monoisotopic (exact) mass is 223 g/mol. The number of carbonyl (C=O) groups is 1. The number of carboxylic acids is 1. The number of aromatic nitrogens is 4. The highest BCUT2D eigenvalue weighted by Gasteiger charge is 2.14. The molecule has 0 saturated heterocycles. The molecule has 0 bridgehead atoms. The number of halogens is 1. The lowest BCUT2D eigenvalue weighted by Gasteiger charge is -1.96. The van der Waals surface area contributed by atoms with E-state index in [4.69, 9.17) is 10.8 Å². The number of aromatic carboxylic acids is 1. The molecule has 2 aromatic heterocycles. The van der Waals surface area contributed by atoms with E-state index >= 15 is 0 Å². The summed E-state index contributed by atoms with van der Waals surface area (Å²) in [7, 11) is 0. The molecule has 0 aliphatic rings. The quantitative estimate of drug-likeness (QED) is 0.746. The predicted octanol–water partition coefficient (Wildman–Crippen LogP) is 0.0818. The van der Waals surface area contributed by atoms with Gasteiger partial charge in [0.25, 0.3) is 5.95 Å². The molecular weight excluding hydrogens is 217 g/mol. The van der Waals surface area contributed by atoms with Gasteiger partial charge < -0.3 is 10.8 Å². The molecule has 0 atom stereocenters. The highest BCUT2D eigenvalue weighted by molar-refractivity contribution is 5.91. The van der Waals surface area contributed by atoms with Crippen molar-refractivity contribution in [3.8, 4) is 5.95 Å². The van der Waals surface area contributed by atoms with Crippen LogP contribution in [0.2, 0.25) is 0 Å². The van der Waals surface area contributed by atoms with Crippen molar-refractivity contribution in [1.82, 2.24) is 19.7 Å². The van der Waals surface area contributed by atoms with E-state index in [-0.39, 0.29) is 17.3 Å². The van der Waals surface area contributed by atoms with Crippen molar-refractivity contribution < 1.29 is 14.3 Å². The largest absolute Gasteiger partial charge is 0.476 e. The first-order valence-corrected chi connectivity index (χ1v) is 4.14. The Morgan fingerprint density at radius 1 is 1.44 bits per heavy atom. The summed E-state index contributed by atoms with van der Waals surface area (Å²) in [4.78, 5) is 17.9. The van der Waals surface area contributed by atoms with Crippen LogP contribution in [0.1, 0.15) is 10.5 Å². The van der Waals surface area contributed by atoms with Gasteiger partial charge in [-0.1, -0.05) is 0 Å². The average molecular weight is 223 g/mol. The van der Waals surface area contributed by atoms with Crippen LogP contribution < -0.4 is 5.73 Å². The SMILES string of the molecule is Nc1cn(-c2ncc(F)cn2)nc1C(=O)O. The number of carboxylic acid groups (broad SMARTS) is 1. The number of nitrogen functional groups attached to an aromatic ring is 1. The lowest BCUT2D eigenvalue weighted by atomic mass is 10.4. The molecule has 0 spiro atoms. The molecule has 16 heavy (non-hydrogen) atoms. The van der Waals surface area contributed by atoms with Gasteiger partial charge in [0.05, 0.1) is 24.3 Å². The summed E-state index contributed by atoms with van der Waals surface area (Å²) in [5.74, 6) is -1.80. The first-order chi connectivity index (χ1) is 7.58. The van der Waals surface area contributed by atoms with Crippen molar-refractivity contribution in [1.29, 1.82) is 0 Å². The number of nitrogens with two attached hydrogens (primary N) is 1. The molecule has 0 unspecified atom stereocenters. The molecular formula is C8H6FN5O2. The van der Waals surface area contributed by atoms with Gasteiger partial charge in [-0.05, 0) is 0 Å². The molecule has 0 amide bonds. The Hall–Kier alpha value is -2.51. The van der Waals surface area contributed by atoms with Crippen molar-refractivity contribution in [3.05, 3.63) is 30.1 Å². The summed E-state index contributed by atoms with van der Waals surface area (Å²) in [6, 6.07) is 0. The average Bonchev–Trinajstić information content (AvgIpc) is 2.61. The van der Waals surface area contributed by atoms with Crippen LogP contribution >= 0.6 is 0 Å². The van der Waals surface area contributed by atoms with E-state index in [9.17, 15) is 9.18 Å². The Morgan fingerprint density at radius 2 is 2.06 bits per heavy atom. The highest BCUT2D eigenvalue weighted by Crippen LogP contribution is 2.11. The minimum absolute atomic E-state index is 0.0135. The van der Waals surface area contributed by atoms with Crippen LogP contribution in [0.15, 0.2) is 18.6 Å². The molecule has 7 nitrogen and oxygen atoms in total. The Kier molecular flexibility index (Phi) is 2.24. The second-order valence-corrected chi connectivity index (χ2v) is 2.88. The lowest BCUT2D eigenvalue weighted by molar-refractivity contribution is 0.0691. The van der Waals surface area contributed by atoms with E-state index in [0.29, 0.717) is 0 Å². The van der Waals surface area contributed by atoms with Gasteiger partial charge in [0.2, 0.25) is 0 Å². The molecule has 0 fully saturated rings. The number of hydrogen-bond acceptors (Lipinski definition) is 5. The zero-order valence-electron chi connectivity index (χ0n) is 7.83. The van der Waals surface area contributed by atoms with E-state index < -0.39 is 11.8 Å². The molecule has 82 valence electrons. The van der Waals surface area contributed by atoms with E-state index in [1.165, 1.54) is 6.20 Å². The van der Waals surface area contributed by atoms with E-state index in [1.807, 2.05) is 0 Å². The summed E-state index contributed by atoms with van der Waals surface area (Å²) in [6.45, 7) is 0. The Balaban J connectivity index is 2.45. The van der Waals surface area contributed by atoms with Crippen LogP contribution in [-0.4, -0.2) is 30.8 Å². The minimum Gasteiger partial charge on any atom is -0.476 e. The van der Waals surface area contributed by atoms with Crippen LogP contribution in [0.4, 0.5) is 10.1 Å². The van der Waals surface area contributed by atoms with Gasteiger partial charge in [0.15, 0.2) is 11.5 Å². The second-order valence-electron chi connectivity index (χ2n) is 2.88.